The Kier molecular flexibility index (Phi) is 2.66. The summed E-state index contributed by atoms with van der Waals surface area (Å²) in [5.74, 6) is -0.287. The van der Waals surface area contributed by atoms with Gasteiger partial charge in [0.15, 0.2) is 5.82 Å². The summed E-state index contributed by atoms with van der Waals surface area (Å²) < 4.78 is 28.0. The second-order valence-electron chi connectivity index (χ2n) is 3.33. The summed E-state index contributed by atoms with van der Waals surface area (Å²) in [6.45, 7) is 0.195. The van der Waals surface area contributed by atoms with Gasteiger partial charge in [0.2, 0.25) is 0 Å². The summed E-state index contributed by atoms with van der Waals surface area (Å²) >= 11 is 0. The van der Waals surface area contributed by atoms with E-state index >= 15 is 0 Å². The average Bonchev–Trinajstić information content (AvgIpc) is 2.63. The fourth-order valence-electron chi connectivity index (χ4n) is 1.44. The molecule has 0 saturated heterocycles. The van der Waals surface area contributed by atoms with Crippen molar-refractivity contribution in [3.63, 3.8) is 0 Å². The van der Waals surface area contributed by atoms with E-state index in [2.05, 4.69) is 10.2 Å². The van der Waals surface area contributed by atoms with E-state index in [-0.39, 0.29) is 17.9 Å². The summed E-state index contributed by atoms with van der Waals surface area (Å²) in [6, 6.07) is 3.19. The molecule has 6 heteroatoms. The van der Waals surface area contributed by atoms with Gasteiger partial charge in [0.25, 0.3) is 0 Å². The van der Waals surface area contributed by atoms with Crippen LogP contribution in [0.3, 0.4) is 0 Å². The van der Waals surface area contributed by atoms with Gasteiger partial charge in [-0.1, -0.05) is 0 Å². The second kappa shape index (κ2) is 3.97. The van der Waals surface area contributed by atoms with Crippen molar-refractivity contribution in [1.82, 2.24) is 14.8 Å². The van der Waals surface area contributed by atoms with Crippen LogP contribution in [-0.2, 0) is 13.6 Å². The maximum absolute atomic E-state index is 13.5. The molecule has 0 bridgehead atoms. The molecule has 2 rings (SSSR count). The number of nitrogens with zero attached hydrogens (tertiary/aromatic N) is 3. The first-order valence-electron chi connectivity index (χ1n) is 4.67. The first kappa shape index (κ1) is 10.7. The highest BCUT2D eigenvalue weighted by Crippen LogP contribution is 2.21. The summed E-state index contributed by atoms with van der Waals surface area (Å²) in [5.41, 5.74) is 5.50. The number of rotatable bonds is 2. The lowest BCUT2D eigenvalue weighted by atomic mass is 10.2. The summed E-state index contributed by atoms with van der Waals surface area (Å²) in [5, 5.41) is 7.57. The zero-order valence-electron chi connectivity index (χ0n) is 8.61. The molecule has 2 aromatic rings. The van der Waals surface area contributed by atoms with Gasteiger partial charge in [0.05, 0.1) is 12.1 Å². The molecule has 84 valence electrons. The highest BCUT2D eigenvalue weighted by molar-refractivity contribution is 5.56. The van der Waals surface area contributed by atoms with Crippen LogP contribution in [-0.4, -0.2) is 14.8 Å². The van der Waals surface area contributed by atoms with Crippen LogP contribution in [0.2, 0.25) is 0 Å². The molecule has 16 heavy (non-hydrogen) atoms. The van der Waals surface area contributed by atoms with Gasteiger partial charge in [-0.2, -0.15) is 0 Å². The Hall–Kier alpha value is -1.82. The molecule has 0 radical (unpaired) electrons. The maximum Gasteiger partial charge on any atom is 0.166 e. The molecule has 0 spiro atoms. The van der Waals surface area contributed by atoms with Gasteiger partial charge in [-0.15, -0.1) is 10.2 Å². The van der Waals surface area contributed by atoms with Gasteiger partial charge in [-0.25, -0.2) is 8.78 Å². The Morgan fingerprint density at radius 2 is 2.06 bits per heavy atom. The lowest BCUT2D eigenvalue weighted by molar-refractivity contribution is 0.601. The molecule has 0 unspecified atom stereocenters. The Labute approximate surface area is 90.7 Å². The number of hydrogen-bond acceptors (Lipinski definition) is 3. The highest BCUT2D eigenvalue weighted by atomic mass is 19.1. The fraction of sp³-hybridized carbons (Fsp3) is 0.200. The third kappa shape index (κ3) is 1.67. The van der Waals surface area contributed by atoms with Crippen LogP contribution in [0.25, 0.3) is 11.4 Å². The van der Waals surface area contributed by atoms with Gasteiger partial charge in [-0.05, 0) is 18.2 Å². The van der Waals surface area contributed by atoms with Crippen LogP contribution in [0.15, 0.2) is 18.2 Å². The van der Waals surface area contributed by atoms with Crippen molar-refractivity contribution in [3.05, 3.63) is 35.7 Å². The largest absolute Gasteiger partial charge is 0.324 e. The molecule has 0 aliphatic heterocycles. The Morgan fingerprint density at radius 3 is 2.69 bits per heavy atom. The van der Waals surface area contributed by atoms with E-state index in [1.807, 2.05) is 0 Å². The third-order valence-corrected chi connectivity index (χ3v) is 2.32. The normalized spacial score (nSPS) is 10.8. The topological polar surface area (TPSA) is 56.7 Å². The Bertz CT molecular complexity index is 522. The van der Waals surface area contributed by atoms with E-state index in [1.165, 1.54) is 4.57 Å². The summed E-state index contributed by atoms with van der Waals surface area (Å²) in [6.07, 6.45) is 0. The number of halogens is 2. The van der Waals surface area contributed by atoms with Gasteiger partial charge in [0.1, 0.15) is 17.5 Å². The zero-order chi connectivity index (χ0) is 11.7. The van der Waals surface area contributed by atoms with E-state index in [1.54, 1.807) is 7.05 Å². The first-order chi connectivity index (χ1) is 7.63. The smallest absolute Gasteiger partial charge is 0.166 e. The van der Waals surface area contributed by atoms with Gasteiger partial charge in [0, 0.05) is 7.05 Å². The monoisotopic (exact) mass is 224 g/mol. The highest BCUT2D eigenvalue weighted by Gasteiger charge is 2.14. The minimum atomic E-state index is -0.541. The first-order valence-corrected chi connectivity index (χ1v) is 4.67. The zero-order valence-corrected chi connectivity index (χ0v) is 8.61. The van der Waals surface area contributed by atoms with Crippen LogP contribution < -0.4 is 5.73 Å². The molecule has 0 amide bonds. The molecule has 4 nitrogen and oxygen atoms in total. The quantitative estimate of drug-likeness (QED) is 0.834. The Balaban J connectivity index is 2.58. The van der Waals surface area contributed by atoms with E-state index < -0.39 is 11.6 Å². The van der Waals surface area contributed by atoms with Crippen molar-refractivity contribution >= 4 is 0 Å². The van der Waals surface area contributed by atoms with Crippen LogP contribution in [0.1, 0.15) is 5.82 Å². The van der Waals surface area contributed by atoms with Crippen molar-refractivity contribution in [1.29, 1.82) is 0 Å². The van der Waals surface area contributed by atoms with Crippen molar-refractivity contribution in [3.8, 4) is 11.4 Å². The predicted octanol–water partition coefficient (Wildman–Crippen LogP) is 1.22. The minimum Gasteiger partial charge on any atom is -0.324 e. The van der Waals surface area contributed by atoms with E-state index in [9.17, 15) is 8.78 Å². The van der Waals surface area contributed by atoms with Crippen molar-refractivity contribution in [2.75, 3.05) is 0 Å². The number of hydrogen-bond donors (Lipinski definition) is 1. The van der Waals surface area contributed by atoms with Crippen molar-refractivity contribution in [2.24, 2.45) is 12.8 Å². The number of aromatic nitrogens is 3. The van der Waals surface area contributed by atoms with E-state index in [0.29, 0.717) is 5.82 Å². The lowest BCUT2D eigenvalue weighted by Gasteiger charge is -2.03. The maximum atomic E-state index is 13.5. The summed E-state index contributed by atoms with van der Waals surface area (Å²) in [7, 11) is 1.65. The van der Waals surface area contributed by atoms with E-state index in [0.717, 1.165) is 18.2 Å². The molecule has 0 aliphatic rings. The fourth-order valence-corrected chi connectivity index (χ4v) is 1.44. The van der Waals surface area contributed by atoms with Gasteiger partial charge < -0.3 is 10.3 Å². The molecule has 2 N–H and O–H groups in total. The van der Waals surface area contributed by atoms with Crippen LogP contribution in [0, 0.1) is 11.6 Å². The Morgan fingerprint density at radius 1 is 1.31 bits per heavy atom. The number of benzene rings is 1. The van der Waals surface area contributed by atoms with Gasteiger partial charge in [-0.3, -0.25) is 0 Å². The molecule has 0 saturated carbocycles. The molecule has 0 atom stereocenters. The lowest BCUT2D eigenvalue weighted by Crippen LogP contribution is -2.05. The minimum absolute atomic E-state index is 0.0784. The molecule has 0 aliphatic carbocycles. The van der Waals surface area contributed by atoms with Crippen LogP contribution in [0.4, 0.5) is 8.78 Å². The van der Waals surface area contributed by atoms with Crippen molar-refractivity contribution in [2.45, 2.75) is 6.54 Å². The van der Waals surface area contributed by atoms with Crippen LogP contribution >= 0.6 is 0 Å². The molecule has 1 heterocycles. The van der Waals surface area contributed by atoms with Crippen molar-refractivity contribution < 1.29 is 8.78 Å². The van der Waals surface area contributed by atoms with Gasteiger partial charge >= 0.3 is 0 Å². The molecule has 1 aromatic carbocycles. The molecule has 0 fully saturated rings. The SMILES string of the molecule is Cn1c(CN)nnc1-c1cc(F)ccc1F. The standard InChI is InChI=1S/C10H10F2N4/c1-16-9(5-13)14-15-10(16)7-4-6(11)2-3-8(7)12/h2-4H,5,13H2,1H3. The molecule has 1 aromatic heterocycles. The summed E-state index contributed by atoms with van der Waals surface area (Å²) in [4.78, 5) is 0. The van der Waals surface area contributed by atoms with E-state index in [4.69, 9.17) is 5.73 Å². The molecular formula is C10H10F2N4. The molecular weight excluding hydrogens is 214 g/mol. The second-order valence-corrected chi connectivity index (χ2v) is 3.33. The number of nitrogens with two attached hydrogens (primary N) is 1. The predicted molar refractivity (Wildman–Crippen MR) is 54.2 cm³/mol. The third-order valence-electron chi connectivity index (χ3n) is 2.32. The average molecular weight is 224 g/mol. The van der Waals surface area contributed by atoms with Crippen LogP contribution in [0.5, 0.6) is 0 Å².